The van der Waals surface area contributed by atoms with E-state index in [1.165, 1.54) is 18.2 Å². The first-order valence-corrected chi connectivity index (χ1v) is 6.46. The second-order valence-electron chi connectivity index (χ2n) is 3.55. The van der Waals surface area contributed by atoms with Gasteiger partial charge in [0.15, 0.2) is 0 Å². The molecule has 0 atom stereocenters. The van der Waals surface area contributed by atoms with Crippen molar-refractivity contribution < 1.29 is 17.8 Å². The molecule has 0 aliphatic rings. The molecule has 1 aromatic carbocycles. The molecule has 1 aromatic rings. The smallest absolute Gasteiger partial charge is 0.294 e. The second kappa shape index (κ2) is 5.23. The third-order valence-electron chi connectivity index (χ3n) is 2.17. The van der Waals surface area contributed by atoms with Crippen molar-refractivity contribution in [1.29, 1.82) is 0 Å². The predicted molar refractivity (Wildman–Crippen MR) is 59.9 cm³/mol. The van der Waals surface area contributed by atoms with Crippen molar-refractivity contribution in [2.75, 3.05) is 0 Å². The van der Waals surface area contributed by atoms with Crippen molar-refractivity contribution in [3.8, 4) is 0 Å². The van der Waals surface area contributed by atoms with E-state index in [9.17, 15) is 13.2 Å². The van der Waals surface area contributed by atoms with E-state index in [1.807, 2.05) is 6.92 Å². The summed E-state index contributed by atoms with van der Waals surface area (Å²) in [4.78, 5) is 11.2. The molecule has 0 aromatic heterocycles. The van der Waals surface area contributed by atoms with Gasteiger partial charge in [0.2, 0.25) is 0 Å². The Morgan fingerprint density at radius 1 is 1.31 bits per heavy atom. The van der Waals surface area contributed by atoms with Gasteiger partial charge in [-0.25, -0.2) is 0 Å². The van der Waals surface area contributed by atoms with Crippen LogP contribution in [-0.2, 0) is 21.3 Å². The zero-order chi connectivity index (χ0) is 12.2. The van der Waals surface area contributed by atoms with Crippen LogP contribution in [0.15, 0.2) is 29.2 Å². The maximum absolute atomic E-state index is 11.4. The number of ketones is 1. The summed E-state index contributed by atoms with van der Waals surface area (Å²) < 4.78 is 31.0. The molecule has 0 unspecified atom stereocenters. The van der Waals surface area contributed by atoms with E-state index in [4.69, 9.17) is 4.55 Å². The second-order valence-corrected chi connectivity index (χ2v) is 4.94. The lowest BCUT2D eigenvalue weighted by Gasteiger charge is -2.05. The van der Waals surface area contributed by atoms with Crippen LogP contribution in [-0.4, -0.2) is 18.8 Å². The fourth-order valence-electron chi connectivity index (χ4n) is 1.48. The Bertz CT molecular complexity index is 477. The molecule has 1 rings (SSSR count). The van der Waals surface area contributed by atoms with E-state index in [-0.39, 0.29) is 17.1 Å². The first-order chi connectivity index (χ1) is 7.45. The Balaban J connectivity index is 3.01. The van der Waals surface area contributed by atoms with Crippen LogP contribution < -0.4 is 0 Å². The number of Topliss-reactive ketones (excluding diaryl/α,β-unsaturated/α-hetero) is 1. The van der Waals surface area contributed by atoms with E-state index >= 15 is 0 Å². The lowest BCUT2D eigenvalue weighted by Crippen LogP contribution is -2.08. The van der Waals surface area contributed by atoms with Crippen LogP contribution in [0.25, 0.3) is 0 Å². The molecule has 0 radical (unpaired) electrons. The third kappa shape index (κ3) is 3.43. The topological polar surface area (TPSA) is 71.4 Å². The lowest BCUT2D eigenvalue weighted by atomic mass is 10.1. The van der Waals surface area contributed by atoms with Crippen molar-refractivity contribution in [3.05, 3.63) is 29.8 Å². The fourth-order valence-corrected chi connectivity index (χ4v) is 2.20. The summed E-state index contributed by atoms with van der Waals surface area (Å²) >= 11 is 0. The Labute approximate surface area is 95.0 Å². The van der Waals surface area contributed by atoms with Gasteiger partial charge in [0.1, 0.15) is 5.78 Å². The zero-order valence-electron chi connectivity index (χ0n) is 9.01. The summed E-state index contributed by atoms with van der Waals surface area (Å²) in [6, 6.07) is 5.99. The SMILES string of the molecule is CCCC(=O)Cc1ccccc1S(=O)(=O)O. The van der Waals surface area contributed by atoms with Crippen LogP contribution in [0.3, 0.4) is 0 Å². The number of hydrogen-bond acceptors (Lipinski definition) is 3. The monoisotopic (exact) mass is 242 g/mol. The van der Waals surface area contributed by atoms with Crippen molar-refractivity contribution >= 4 is 15.9 Å². The van der Waals surface area contributed by atoms with Gasteiger partial charge in [-0.1, -0.05) is 25.1 Å². The molecule has 16 heavy (non-hydrogen) atoms. The predicted octanol–water partition coefficient (Wildman–Crippen LogP) is 1.85. The molecule has 0 spiro atoms. The van der Waals surface area contributed by atoms with Crippen LogP contribution in [0.5, 0.6) is 0 Å². The van der Waals surface area contributed by atoms with E-state index < -0.39 is 10.1 Å². The molecule has 5 heteroatoms. The Hall–Kier alpha value is -1.20. The van der Waals surface area contributed by atoms with Gasteiger partial charge in [-0.3, -0.25) is 9.35 Å². The van der Waals surface area contributed by atoms with E-state index in [0.29, 0.717) is 12.0 Å². The van der Waals surface area contributed by atoms with Crippen LogP contribution in [0, 0.1) is 0 Å². The lowest BCUT2D eigenvalue weighted by molar-refractivity contribution is -0.118. The normalized spacial score (nSPS) is 11.4. The Morgan fingerprint density at radius 3 is 2.50 bits per heavy atom. The molecule has 4 nitrogen and oxygen atoms in total. The van der Waals surface area contributed by atoms with Crippen molar-refractivity contribution in [1.82, 2.24) is 0 Å². The van der Waals surface area contributed by atoms with Gasteiger partial charge in [0.25, 0.3) is 10.1 Å². The number of rotatable bonds is 5. The molecule has 0 fully saturated rings. The van der Waals surface area contributed by atoms with Gasteiger partial charge in [0.05, 0.1) is 4.90 Å². The standard InChI is InChI=1S/C11H14O4S/c1-2-5-10(12)8-9-6-3-4-7-11(9)16(13,14)15/h3-4,6-7H,2,5,8H2,1H3,(H,13,14,15). The minimum Gasteiger partial charge on any atom is -0.299 e. The molecule has 0 aliphatic carbocycles. The average Bonchev–Trinajstić information content (AvgIpc) is 2.17. The van der Waals surface area contributed by atoms with E-state index in [0.717, 1.165) is 6.42 Å². The van der Waals surface area contributed by atoms with Crippen LogP contribution in [0.2, 0.25) is 0 Å². The summed E-state index contributed by atoms with van der Waals surface area (Å²) in [5.41, 5.74) is 0.350. The molecular formula is C11H14O4S. The molecule has 0 heterocycles. The molecule has 0 saturated heterocycles. The quantitative estimate of drug-likeness (QED) is 0.800. The molecule has 0 saturated carbocycles. The first kappa shape index (κ1) is 12.9. The molecule has 88 valence electrons. The highest BCUT2D eigenvalue weighted by Gasteiger charge is 2.16. The van der Waals surface area contributed by atoms with Gasteiger partial charge in [-0.2, -0.15) is 8.42 Å². The van der Waals surface area contributed by atoms with Crippen molar-refractivity contribution in [2.45, 2.75) is 31.1 Å². The molecule has 0 amide bonds. The number of carbonyl (C=O) groups is 1. The first-order valence-electron chi connectivity index (χ1n) is 5.02. The highest BCUT2D eigenvalue weighted by Crippen LogP contribution is 2.16. The Morgan fingerprint density at radius 2 is 1.94 bits per heavy atom. The highest BCUT2D eigenvalue weighted by molar-refractivity contribution is 7.85. The van der Waals surface area contributed by atoms with Crippen molar-refractivity contribution in [3.63, 3.8) is 0 Å². The Kier molecular flexibility index (Phi) is 4.20. The van der Waals surface area contributed by atoms with E-state index in [2.05, 4.69) is 0 Å². The maximum Gasteiger partial charge on any atom is 0.294 e. The van der Waals surface area contributed by atoms with Crippen LogP contribution in [0.1, 0.15) is 25.3 Å². The van der Waals surface area contributed by atoms with Crippen LogP contribution in [0.4, 0.5) is 0 Å². The summed E-state index contributed by atoms with van der Waals surface area (Å²) in [5, 5.41) is 0. The third-order valence-corrected chi connectivity index (χ3v) is 3.12. The van der Waals surface area contributed by atoms with Gasteiger partial charge in [-0.05, 0) is 18.1 Å². The van der Waals surface area contributed by atoms with Crippen molar-refractivity contribution in [2.24, 2.45) is 0 Å². The minimum atomic E-state index is -4.25. The van der Waals surface area contributed by atoms with Gasteiger partial charge < -0.3 is 0 Å². The molecule has 0 aliphatic heterocycles. The number of hydrogen-bond donors (Lipinski definition) is 1. The number of carbonyl (C=O) groups excluding carboxylic acids is 1. The average molecular weight is 242 g/mol. The number of benzene rings is 1. The summed E-state index contributed by atoms with van der Waals surface area (Å²) in [6.07, 6.45) is 1.19. The summed E-state index contributed by atoms with van der Waals surface area (Å²) in [5.74, 6) is -0.0291. The fraction of sp³-hybridized carbons (Fsp3) is 0.364. The minimum absolute atomic E-state index is 0.0291. The summed E-state index contributed by atoms with van der Waals surface area (Å²) in [7, 11) is -4.25. The molecule has 1 N–H and O–H groups in total. The van der Waals surface area contributed by atoms with E-state index in [1.54, 1.807) is 6.07 Å². The largest absolute Gasteiger partial charge is 0.299 e. The highest BCUT2D eigenvalue weighted by atomic mass is 32.2. The maximum atomic E-state index is 11.4. The van der Waals surface area contributed by atoms with Gasteiger partial charge in [0, 0.05) is 12.8 Å². The zero-order valence-corrected chi connectivity index (χ0v) is 9.83. The molecule has 0 bridgehead atoms. The van der Waals surface area contributed by atoms with Gasteiger partial charge in [-0.15, -0.1) is 0 Å². The molecular weight excluding hydrogens is 228 g/mol. The van der Waals surface area contributed by atoms with Gasteiger partial charge >= 0.3 is 0 Å². The van der Waals surface area contributed by atoms with Crippen LogP contribution >= 0.6 is 0 Å². The summed E-state index contributed by atoms with van der Waals surface area (Å²) in [6.45, 7) is 1.88.